The van der Waals surface area contributed by atoms with Crippen LogP contribution in [0.3, 0.4) is 0 Å². The molecule has 1 aliphatic carbocycles. The SMILES string of the molecule is Cc1ccc2c(oc3ncccc32)c1-c1cc(-c2ccc3c(c2)C(C)(C)c2ccccc2C3(C)C)cc[n+]1C. The van der Waals surface area contributed by atoms with Crippen LogP contribution in [0.25, 0.3) is 44.5 Å². The van der Waals surface area contributed by atoms with E-state index in [0.717, 1.165) is 27.6 Å². The number of hydrogen-bond donors (Lipinski definition) is 0. The molecule has 7 rings (SSSR count). The summed E-state index contributed by atoms with van der Waals surface area (Å²) in [6, 6.07) is 28.9. The molecule has 1 aliphatic rings. The van der Waals surface area contributed by atoms with Crippen molar-refractivity contribution in [3.05, 3.63) is 119 Å². The summed E-state index contributed by atoms with van der Waals surface area (Å²) in [7, 11) is 2.10. The first-order chi connectivity index (χ1) is 18.7. The smallest absolute Gasteiger partial charge is 0.227 e. The van der Waals surface area contributed by atoms with Crippen LogP contribution in [0.2, 0.25) is 0 Å². The molecule has 3 heterocycles. The number of nitrogens with zero attached hydrogens (tertiary/aromatic N) is 2. The van der Waals surface area contributed by atoms with Gasteiger partial charge in [-0.3, -0.25) is 0 Å². The van der Waals surface area contributed by atoms with Crippen LogP contribution < -0.4 is 4.57 Å². The first kappa shape index (κ1) is 23.8. The van der Waals surface area contributed by atoms with Gasteiger partial charge in [0.05, 0.1) is 5.56 Å². The van der Waals surface area contributed by atoms with E-state index in [2.05, 4.69) is 130 Å². The van der Waals surface area contributed by atoms with Crippen molar-refractivity contribution in [3.63, 3.8) is 0 Å². The summed E-state index contributed by atoms with van der Waals surface area (Å²) in [6.45, 7) is 11.6. The van der Waals surface area contributed by atoms with Gasteiger partial charge in [0.15, 0.2) is 11.8 Å². The van der Waals surface area contributed by atoms with Gasteiger partial charge in [-0.1, -0.05) is 76.2 Å². The van der Waals surface area contributed by atoms with Crippen molar-refractivity contribution in [1.82, 2.24) is 4.98 Å². The minimum absolute atomic E-state index is 0.0453. The van der Waals surface area contributed by atoms with Gasteiger partial charge in [0.1, 0.15) is 7.05 Å². The number of furan rings is 1. The Hall–Kier alpha value is -4.24. The zero-order valence-electron chi connectivity index (χ0n) is 23.5. The Morgan fingerprint density at radius 3 is 2.15 bits per heavy atom. The lowest BCUT2D eigenvalue weighted by Crippen LogP contribution is -2.36. The molecule has 0 aliphatic heterocycles. The van der Waals surface area contributed by atoms with Crippen LogP contribution in [0.1, 0.15) is 55.5 Å². The summed E-state index contributed by atoms with van der Waals surface area (Å²) in [5.41, 5.74) is 12.9. The quantitative estimate of drug-likeness (QED) is 0.219. The van der Waals surface area contributed by atoms with Gasteiger partial charge in [-0.2, -0.15) is 0 Å². The van der Waals surface area contributed by atoms with Crippen molar-refractivity contribution in [2.24, 2.45) is 7.05 Å². The van der Waals surface area contributed by atoms with E-state index in [1.165, 1.54) is 38.9 Å². The maximum Gasteiger partial charge on any atom is 0.227 e. The summed E-state index contributed by atoms with van der Waals surface area (Å²) >= 11 is 0. The number of fused-ring (bicyclic) bond motifs is 5. The Bertz CT molecular complexity index is 1940. The van der Waals surface area contributed by atoms with Crippen LogP contribution in [-0.4, -0.2) is 4.98 Å². The molecule has 0 saturated carbocycles. The largest absolute Gasteiger partial charge is 0.437 e. The van der Waals surface area contributed by atoms with Gasteiger partial charge in [0.2, 0.25) is 11.4 Å². The van der Waals surface area contributed by atoms with Gasteiger partial charge in [-0.05, 0) is 64.1 Å². The van der Waals surface area contributed by atoms with Crippen LogP contribution >= 0.6 is 0 Å². The van der Waals surface area contributed by atoms with Gasteiger partial charge in [-0.25, -0.2) is 9.55 Å². The second-order valence-corrected chi connectivity index (χ2v) is 12.1. The van der Waals surface area contributed by atoms with Crippen molar-refractivity contribution in [2.45, 2.75) is 45.4 Å². The summed E-state index contributed by atoms with van der Waals surface area (Å²) < 4.78 is 8.54. The molecular formula is C36H33N2O+. The second kappa shape index (κ2) is 8.13. The Balaban J connectivity index is 1.42. The first-order valence-corrected chi connectivity index (χ1v) is 13.7. The number of aryl methyl sites for hydroxylation is 2. The topological polar surface area (TPSA) is 29.9 Å². The molecule has 0 amide bonds. The second-order valence-electron chi connectivity index (χ2n) is 12.1. The summed E-state index contributed by atoms with van der Waals surface area (Å²) in [4.78, 5) is 4.48. The first-order valence-electron chi connectivity index (χ1n) is 13.7. The number of hydrogen-bond acceptors (Lipinski definition) is 2. The highest BCUT2D eigenvalue weighted by molar-refractivity contribution is 6.08. The number of pyridine rings is 2. The van der Waals surface area contributed by atoms with Gasteiger partial charge < -0.3 is 4.42 Å². The Kier molecular flexibility index (Phi) is 4.97. The molecule has 0 saturated heterocycles. The van der Waals surface area contributed by atoms with E-state index in [4.69, 9.17) is 4.42 Å². The molecule has 0 spiro atoms. The van der Waals surface area contributed by atoms with Crippen molar-refractivity contribution < 1.29 is 8.98 Å². The third-order valence-corrected chi connectivity index (χ3v) is 9.01. The number of aromatic nitrogens is 2. The molecule has 0 N–H and O–H groups in total. The van der Waals surface area contributed by atoms with Gasteiger partial charge >= 0.3 is 0 Å². The van der Waals surface area contributed by atoms with E-state index in [9.17, 15) is 0 Å². The maximum atomic E-state index is 6.35. The van der Waals surface area contributed by atoms with E-state index in [1.807, 2.05) is 6.07 Å². The van der Waals surface area contributed by atoms with E-state index in [-0.39, 0.29) is 10.8 Å². The fraction of sp³-hybridized carbons (Fsp3) is 0.222. The zero-order valence-corrected chi connectivity index (χ0v) is 23.5. The lowest BCUT2D eigenvalue weighted by molar-refractivity contribution is -0.660. The molecule has 0 bridgehead atoms. The van der Waals surface area contributed by atoms with Crippen LogP contribution in [0.4, 0.5) is 0 Å². The fourth-order valence-corrected chi connectivity index (χ4v) is 6.74. The molecule has 0 radical (unpaired) electrons. The van der Waals surface area contributed by atoms with Crippen molar-refractivity contribution >= 4 is 22.1 Å². The van der Waals surface area contributed by atoms with Crippen molar-refractivity contribution in [3.8, 4) is 22.4 Å². The fourth-order valence-electron chi connectivity index (χ4n) is 6.74. The minimum Gasteiger partial charge on any atom is -0.437 e. The maximum absolute atomic E-state index is 6.35. The van der Waals surface area contributed by atoms with Crippen LogP contribution in [0.15, 0.2) is 95.7 Å². The monoisotopic (exact) mass is 509 g/mol. The van der Waals surface area contributed by atoms with Gasteiger partial charge in [-0.15, -0.1) is 0 Å². The lowest BCUT2D eigenvalue weighted by atomic mass is 9.60. The Morgan fingerprint density at radius 1 is 0.692 bits per heavy atom. The molecule has 3 nitrogen and oxygen atoms in total. The Labute approximate surface area is 229 Å². The average Bonchev–Trinajstić information content (AvgIpc) is 3.31. The molecule has 192 valence electrons. The summed E-state index contributed by atoms with van der Waals surface area (Å²) in [5.74, 6) is 0. The molecule has 6 aromatic rings. The molecule has 0 unspecified atom stereocenters. The highest BCUT2D eigenvalue weighted by Gasteiger charge is 2.41. The molecule has 0 atom stereocenters. The average molecular weight is 510 g/mol. The zero-order chi connectivity index (χ0) is 27.1. The molecule has 3 aromatic heterocycles. The van der Waals surface area contributed by atoms with Crippen molar-refractivity contribution in [2.75, 3.05) is 0 Å². The molecule has 0 fully saturated rings. The predicted octanol–water partition coefficient (Wildman–Crippen LogP) is 8.41. The van der Waals surface area contributed by atoms with E-state index < -0.39 is 0 Å². The van der Waals surface area contributed by atoms with E-state index >= 15 is 0 Å². The molecule has 3 aromatic carbocycles. The van der Waals surface area contributed by atoms with Crippen LogP contribution in [0, 0.1) is 6.92 Å². The molecule has 3 heteroatoms. The minimum atomic E-state index is -0.0802. The third-order valence-electron chi connectivity index (χ3n) is 9.01. The lowest BCUT2D eigenvalue weighted by Gasteiger charge is -2.44. The summed E-state index contributed by atoms with van der Waals surface area (Å²) in [6.07, 6.45) is 3.95. The molecule has 39 heavy (non-hydrogen) atoms. The van der Waals surface area contributed by atoms with Gasteiger partial charge in [0, 0.05) is 39.9 Å². The summed E-state index contributed by atoms with van der Waals surface area (Å²) in [5, 5.41) is 2.15. The molecular weight excluding hydrogens is 476 g/mol. The van der Waals surface area contributed by atoms with Crippen LogP contribution in [-0.2, 0) is 17.9 Å². The Morgan fingerprint density at radius 2 is 1.38 bits per heavy atom. The third kappa shape index (κ3) is 3.35. The highest BCUT2D eigenvalue weighted by atomic mass is 16.3. The standard InChI is InChI=1S/C36H33N2O/c1-22-13-15-25-26-10-9-18-37-34(26)39-33(25)32(22)31-21-24(17-19-38(31)6)23-14-16-29-30(20-23)36(4,5)28-12-8-7-11-27(28)35(29,2)3/h7-21H,1-6H3/q+1. The number of rotatable bonds is 2. The highest BCUT2D eigenvalue weighted by Crippen LogP contribution is 2.50. The normalized spacial score (nSPS) is 15.3. The van der Waals surface area contributed by atoms with E-state index in [1.54, 1.807) is 6.20 Å². The van der Waals surface area contributed by atoms with E-state index in [0.29, 0.717) is 5.71 Å². The van der Waals surface area contributed by atoms with Crippen molar-refractivity contribution in [1.29, 1.82) is 0 Å². The van der Waals surface area contributed by atoms with Crippen LogP contribution in [0.5, 0.6) is 0 Å². The van der Waals surface area contributed by atoms with Gasteiger partial charge in [0.25, 0.3) is 0 Å². The number of benzene rings is 3. The predicted molar refractivity (Wildman–Crippen MR) is 159 cm³/mol.